The molecule has 0 aliphatic carbocycles. The molecule has 1 fully saturated rings. The summed E-state index contributed by atoms with van der Waals surface area (Å²) < 4.78 is 5.12. The lowest BCUT2D eigenvalue weighted by Gasteiger charge is -2.21. The van der Waals surface area contributed by atoms with Crippen LogP contribution in [0.25, 0.3) is 0 Å². The highest BCUT2D eigenvalue weighted by Gasteiger charge is 2.31. The Morgan fingerprint density at radius 3 is 2.94 bits per heavy atom. The number of aromatic carboxylic acids is 1. The minimum atomic E-state index is -1.06. The SMILES string of the molecule is O=C(O)c1ccc(NCC2(O)CCOC2)cn1. The summed E-state index contributed by atoms with van der Waals surface area (Å²) in [5.74, 6) is -1.06. The second kappa shape index (κ2) is 4.68. The number of nitrogens with one attached hydrogen (secondary N) is 1. The second-order valence-corrected chi connectivity index (χ2v) is 4.12. The molecule has 1 saturated heterocycles. The summed E-state index contributed by atoms with van der Waals surface area (Å²) in [6.45, 7) is 1.25. The van der Waals surface area contributed by atoms with E-state index >= 15 is 0 Å². The third kappa shape index (κ3) is 2.92. The van der Waals surface area contributed by atoms with Gasteiger partial charge in [0.05, 0.1) is 18.5 Å². The van der Waals surface area contributed by atoms with Crippen LogP contribution >= 0.6 is 0 Å². The predicted molar refractivity (Wildman–Crippen MR) is 60.1 cm³/mol. The third-order valence-corrected chi connectivity index (χ3v) is 2.69. The number of carbonyl (C=O) groups is 1. The summed E-state index contributed by atoms with van der Waals surface area (Å²) in [6.07, 6.45) is 2.03. The Labute approximate surface area is 98.2 Å². The van der Waals surface area contributed by atoms with Crippen molar-refractivity contribution < 1.29 is 19.7 Å². The van der Waals surface area contributed by atoms with E-state index in [1.165, 1.54) is 12.3 Å². The van der Waals surface area contributed by atoms with E-state index in [1.807, 2.05) is 0 Å². The summed E-state index contributed by atoms with van der Waals surface area (Å²) >= 11 is 0. The van der Waals surface area contributed by atoms with Crippen molar-refractivity contribution in [3.05, 3.63) is 24.0 Å². The number of carboxylic acids is 1. The molecule has 1 atom stereocenters. The molecule has 0 saturated carbocycles. The molecule has 92 valence electrons. The number of nitrogens with zero attached hydrogens (tertiary/aromatic N) is 1. The largest absolute Gasteiger partial charge is 0.477 e. The highest BCUT2D eigenvalue weighted by molar-refractivity contribution is 5.85. The highest BCUT2D eigenvalue weighted by Crippen LogP contribution is 2.19. The summed E-state index contributed by atoms with van der Waals surface area (Å²) in [7, 11) is 0. The summed E-state index contributed by atoms with van der Waals surface area (Å²) in [6, 6.07) is 3.04. The van der Waals surface area contributed by atoms with E-state index in [9.17, 15) is 9.90 Å². The van der Waals surface area contributed by atoms with Crippen LogP contribution in [0.2, 0.25) is 0 Å². The quantitative estimate of drug-likeness (QED) is 0.700. The smallest absolute Gasteiger partial charge is 0.354 e. The molecule has 0 spiro atoms. The first-order valence-electron chi connectivity index (χ1n) is 5.32. The molecule has 1 aliphatic rings. The van der Waals surface area contributed by atoms with E-state index in [4.69, 9.17) is 9.84 Å². The normalized spacial score (nSPS) is 23.6. The van der Waals surface area contributed by atoms with E-state index in [2.05, 4.69) is 10.3 Å². The first-order valence-corrected chi connectivity index (χ1v) is 5.32. The lowest BCUT2D eigenvalue weighted by Crippen LogP contribution is -2.37. The van der Waals surface area contributed by atoms with Gasteiger partial charge in [0, 0.05) is 19.6 Å². The van der Waals surface area contributed by atoms with E-state index in [1.54, 1.807) is 6.07 Å². The van der Waals surface area contributed by atoms with E-state index in [-0.39, 0.29) is 5.69 Å². The summed E-state index contributed by atoms with van der Waals surface area (Å²) in [5.41, 5.74) is -0.167. The monoisotopic (exact) mass is 238 g/mol. The first-order chi connectivity index (χ1) is 8.09. The van der Waals surface area contributed by atoms with Crippen LogP contribution in [0.1, 0.15) is 16.9 Å². The van der Waals surface area contributed by atoms with E-state index in [0.717, 1.165) is 0 Å². The molecule has 6 nitrogen and oxygen atoms in total. The molecular formula is C11H14N2O4. The summed E-state index contributed by atoms with van der Waals surface area (Å²) in [5, 5.41) is 21.7. The third-order valence-electron chi connectivity index (χ3n) is 2.69. The first kappa shape index (κ1) is 11.8. The number of pyridine rings is 1. The fraction of sp³-hybridized carbons (Fsp3) is 0.455. The van der Waals surface area contributed by atoms with E-state index < -0.39 is 11.6 Å². The van der Waals surface area contributed by atoms with Crippen molar-refractivity contribution in [1.29, 1.82) is 0 Å². The van der Waals surface area contributed by atoms with Crippen LogP contribution in [-0.4, -0.2) is 46.5 Å². The highest BCUT2D eigenvalue weighted by atomic mass is 16.5. The molecule has 1 aromatic heterocycles. The minimum Gasteiger partial charge on any atom is -0.477 e. The second-order valence-electron chi connectivity index (χ2n) is 4.12. The zero-order valence-corrected chi connectivity index (χ0v) is 9.22. The molecule has 2 rings (SSSR count). The fourth-order valence-corrected chi connectivity index (χ4v) is 1.63. The maximum atomic E-state index is 10.6. The molecule has 0 radical (unpaired) electrons. The topological polar surface area (TPSA) is 91.7 Å². The van der Waals surface area contributed by atoms with Crippen molar-refractivity contribution in [1.82, 2.24) is 4.98 Å². The van der Waals surface area contributed by atoms with Crippen LogP contribution in [-0.2, 0) is 4.74 Å². The van der Waals surface area contributed by atoms with Crippen LogP contribution in [0.4, 0.5) is 5.69 Å². The van der Waals surface area contributed by atoms with Gasteiger partial charge in [-0.05, 0) is 12.1 Å². The molecule has 0 bridgehead atoms. The molecule has 1 aliphatic heterocycles. The van der Waals surface area contributed by atoms with Crippen molar-refractivity contribution >= 4 is 11.7 Å². The van der Waals surface area contributed by atoms with Crippen LogP contribution in [0.3, 0.4) is 0 Å². The van der Waals surface area contributed by atoms with Gasteiger partial charge in [0.25, 0.3) is 0 Å². The Morgan fingerprint density at radius 1 is 1.59 bits per heavy atom. The number of anilines is 1. The van der Waals surface area contributed by atoms with Crippen LogP contribution in [0.5, 0.6) is 0 Å². The van der Waals surface area contributed by atoms with Gasteiger partial charge in [0.2, 0.25) is 0 Å². The molecule has 1 aromatic rings. The molecule has 0 aromatic carbocycles. The number of aromatic nitrogens is 1. The van der Waals surface area contributed by atoms with Crippen LogP contribution in [0, 0.1) is 0 Å². The lowest BCUT2D eigenvalue weighted by atomic mass is 10.0. The van der Waals surface area contributed by atoms with Gasteiger partial charge in [-0.1, -0.05) is 0 Å². The standard InChI is InChI=1S/C11H14N2O4/c14-10(15)9-2-1-8(5-12-9)13-6-11(16)3-4-17-7-11/h1-2,5,13,16H,3-4,6-7H2,(H,14,15). The molecule has 17 heavy (non-hydrogen) atoms. The van der Waals surface area contributed by atoms with Crippen molar-refractivity contribution in [2.24, 2.45) is 0 Å². The maximum Gasteiger partial charge on any atom is 0.354 e. The van der Waals surface area contributed by atoms with Gasteiger partial charge in [-0.15, -0.1) is 0 Å². The number of aliphatic hydroxyl groups is 1. The Morgan fingerprint density at radius 2 is 2.41 bits per heavy atom. The number of hydrogen-bond acceptors (Lipinski definition) is 5. The van der Waals surface area contributed by atoms with Crippen molar-refractivity contribution in [3.63, 3.8) is 0 Å². The molecular weight excluding hydrogens is 224 g/mol. The van der Waals surface area contributed by atoms with Gasteiger partial charge in [-0.3, -0.25) is 0 Å². The van der Waals surface area contributed by atoms with Gasteiger partial charge in [-0.25, -0.2) is 9.78 Å². The van der Waals surface area contributed by atoms with Gasteiger partial charge >= 0.3 is 5.97 Å². The number of carboxylic acid groups (broad SMARTS) is 1. The van der Waals surface area contributed by atoms with E-state index in [0.29, 0.717) is 31.9 Å². The molecule has 1 unspecified atom stereocenters. The minimum absolute atomic E-state index is 0.00142. The molecule has 2 heterocycles. The zero-order valence-electron chi connectivity index (χ0n) is 9.22. The molecule has 0 amide bonds. The predicted octanol–water partition coefficient (Wildman–Crippen LogP) is 0.343. The number of ether oxygens (including phenoxy) is 1. The summed E-state index contributed by atoms with van der Waals surface area (Å²) in [4.78, 5) is 14.4. The van der Waals surface area contributed by atoms with Crippen molar-refractivity contribution in [2.75, 3.05) is 25.1 Å². The Balaban J connectivity index is 1.93. The fourth-order valence-electron chi connectivity index (χ4n) is 1.63. The molecule has 6 heteroatoms. The Kier molecular flexibility index (Phi) is 3.26. The maximum absolute atomic E-state index is 10.6. The average Bonchev–Trinajstić information content (AvgIpc) is 2.75. The van der Waals surface area contributed by atoms with Gasteiger partial charge < -0.3 is 20.3 Å². The Hall–Kier alpha value is -1.66. The lowest BCUT2D eigenvalue weighted by molar-refractivity contribution is 0.0382. The van der Waals surface area contributed by atoms with Crippen LogP contribution < -0.4 is 5.32 Å². The van der Waals surface area contributed by atoms with Gasteiger partial charge in [-0.2, -0.15) is 0 Å². The number of hydrogen-bond donors (Lipinski definition) is 3. The zero-order chi connectivity index (χ0) is 12.3. The van der Waals surface area contributed by atoms with Gasteiger partial charge in [0.15, 0.2) is 0 Å². The Bertz CT molecular complexity index is 398. The average molecular weight is 238 g/mol. The molecule has 3 N–H and O–H groups in total. The van der Waals surface area contributed by atoms with Crippen LogP contribution in [0.15, 0.2) is 18.3 Å². The van der Waals surface area contributed by atoms with Crippen molar-refractivity contribution in [3.8, 4) is 0 Å². The van der Waals surface area contributed by atoms with Gasteiger partial charge in [0.1, 0.15) is 11.3 Å². The number of rotatable bonds is 4. The van der Waals surface area contributed by atoms with Crippen molar-refractivity contribution in [2.45, 2.75) is 12.0 Å².